The lowest BCUT2D eigenvalue weighted by Gasteiger charge is -2.25. The Morgan fingerprint density at radius 1 is 1.17 bits per heavy atom. The van der Waals surface area contributed by atoms with Gasteiger partial charge in [0.2, 0.25) is 0 Å². The van der Waals surface area contributed by atoms with E-state index in [4.69, 9.17) is 0 Å². The molecule has 0 spiro atoms. The van der Waals surface area contributed by atoms with Crippen LogP contribution in [0.15, 0.2) is 23.1 Å². The summed E-state index contributed by atoms with van der Waals surface area (Å²) < 4.78 is 24.4. The van der Waals surface area contributed by atoms with Gasteiger partial charge in [0.05, 0.1) is 16.8 Å². The van der Waals surface area contributed by atoms with E-state index >= 15 is 0 Å². The van der Waals surface area contributed by atoms with Gasteiger partial charge in [-0.2, -0.15) is 0 Å². The molecule has 0 aliphatic carbocycles. The zero-order valence-electron chi connectivity index (χ0n) is 11.7. The molecule has 0 radical (unpaired) electrons. The van der Waals surface area contributed by atoms with Crippen molar-refractivity contribution in [2.24, 2.45) is 5.41 Å². The highest BCUT2D eigenvalue weighted by Crippen LogP contribution is 2.24. The van der Waals surface area contributed by atoms with Gasteiger partial charge < -0.3 is 5.11 Å². The SMILES string of the molecule is Cc1ccc(S(=O)(=O)CC(O)C(C)(C)C)cc1C. The first-order valence-corrected chi connectivity index (χ1v) is 7.67. The third-order valence-electron chi connectivity index (χ3n) is 3.21. The number of aliphatic hydroxyl groups is 1. The van der Waals surface area contributed by atoms with Gasteiger partial charge in [0, 0.05) is 0 Å². The number of benzene rings is 1. The maximum Gasteiger partial charge on any atom is 0.180 e. The Balaban J connectivity index is 3.04. The monoisotopic (exact) mass is 270 g/mol. The molecule has 18 heavy (non-hydrogen) atoms. The molecule has 0 bridgehead atoms. The van der Waals surface area contributed by atoms with E-state index in [9.17, 15) is 13.5 Å². The Morgan fingerprint density at radius 2 is 1.72 bits per heavy atom. The number of hydrogen-bond acceptors (Lipinski definition) is 3. The summed E-state index contributed by atoms with van der Waals surface area (Å²) >= 11 is 0. The Labute approximate surface area is 110 Å². The molecule has 3 nitrogen and oxygen atoms in total. The molecule has 0 aliphatic rings. The molecule has 1 rings (SSSR count). The van der Waals surface area contributed by atoms with Crippen LogP contribution in [0.3, 0.4) is 0 Å². The lowest BCUT2D eigenvalue weighted by atomic mass is 9.90. The summed E-state index contributed by atoms with van der Waals surface area (Å²) in [6.07, 6.45) is -0.871. The van der Waals surface area contributed by atoms with Gasteiger partial charge in [0.25, 0.3) is 0 Å². The van der Waals surface area contributed by atoms with Crippen molar-refractivity contribution in [3.8, 4) is 0 Å². The van der Waals surface area contributed by atoms with Gasteiger partial charge in [-0.15, -0.1) is 0 Å². The topological polar surface area (TPSA) is 54.4 Å². The van der Waals surface area contributed by atoms with Crippen LogP contribution in [0.25, 0.3) is 0 Å². The first-order chi connectivity index (χ1) is 8.04. The van der Waals surface area contributed by atoms with Crippen LogP contribution >= 0.6 is 0 Å². The smallest absolute Gasteiger partial charge is 0.180 e. The molecule has 1 unspecified atom stereocenters. The Morgan fingerprint density at radius 3 is 2.17 bits per heavy atom. The Hall–Kier alpha value is -0.870. The summed E-state index contributed by atoms with van der Waals surface area (Å²) in [4.78, 5) is 0.286. The number of aryl methyl sites for hydroxylation is 2. The summed E-state index contributed by atoms with van der Waals surface area (Å²) in [6, 6.07) is 5.07. The van der Waals surface area contributed by atoms with Crippen molar-refractivity contribution in [3.63, 3.8) is 0 Å². The highest BCUT2D eigenvalue weighted by molar-refractivity contribution is 7.91. The summed E-state index contributed by atoms with van der Waals surface area (Å²) in [5.74, 6) is -0.237. The van der Waals surface area contributed by atoms with E-state index in [1.807, 2.05) is 34.6 Å². The number of aliphatic hydroxyl groups excluding tert-OH is 1. The van der Waals surface area contributed by atoms with Crippen molar-refractivity contribution in [3.05, 3.63) is 29.3 Å². The zero-order valence-corrected chi connectivity index (χ0v) is 12.5. The third kappa shape index (κ3) is 3.56. The lowest BCUT2D eigenvalue weighted by molar-refractivity contribution is 0.0826. The van der Waals surface area contributed by atoms with E-state index in [-0.39, 0.29) is 10.6 Å². The van der Waals surface area contributed by atoms with Gasteiger partial charge in [0.1, 0.15) is 0 Å². The fourth-order valence-electron chi connectivity index (χ4n) is 1.46. The molecule has 0 saturated heterocycles. The number of rotatable bonds is 3. The van der Waals surface area contributed by atoms with Crippen molar-refractivity contribution in [2.45, 2.75) is 45.6 Å². The van der Waals surface area contributed by atoms with E-state index in [0.717, 1.165) is 11.1 Å². The van der Waals surface area contributed by atoms with Crippen LogP contribution in [0.4, 0.5) is 0 Å². The van der Waals surface area contributed by atoms with Crippen molar-refractivity contribution in [1.29, 1.82) is 0 Å². The molecule has 102 valence electrons. The maximum atomic E-state index is 12.2. The van der Waals surface area contributed by atoms with E-state index in [2.05, 4.69) is 0 Å². The molecule has 0 saturated carbocycles. The fraction of sp³-hybridized carbons (Fsp3) is 0.571. The fourth-order valence-corrected chi connectivity index (χ4v) is 3.20. The standard InChI is InChI=1S/C14H22O3S/c1-10-6-7-12(8-11(10)2)18(16,17)9-13(15)14(3,4)5/h6-8,13,15H,9H2,1-5H3. The van der Waals surface area contributed by atoms with Crippen molar-refractivity contribution < 1.29 is 13.5 Å². The summed E-state index contributed by atoms with van der Waals surface area (Å²) in [7, 11) is -3.43. The van der Waals surface area contributed by atoms with Crippen LogP contribution < -0.4 is 0 Å². The molecular formula is C14H22O3S. The minimum absolute atomic E-state index is 0.237. The molecule has 1 N–H and O–H groups in total. The average Bonchev–Trinajstić information content (AvgIpc) is 2.19. The minimum atomic E-state index is -3.43. The molecule has 0 amide bonds. The van der Waals surface area contributed by atoms with Crippen LogP contribution in [-0.4, -0.2) is 25.4 Å². The first kappa shape index (κ1) is 15.2. The molecule has 1 aromatic carbocycles. The second-order valence-corrected chi connectivity index (χ2v) is 7.94. The molecule has 4 heteroatoms. The molecule has 1 atom stereocenters. The van der Waals surface area contributed by atoms with E-state index < -0.39 is 21.4 Å². The molecular weight excluding hydrogens is 248 g/mol. The van der Waals surface area contributed by atoms with Gasteiger partial charge in [0.15, 0.2) is 9.84 Å². The van der Waals surface area contributed by atoms with Crippen LogP contribution in [-0.2, 0) is 9.84 Å². The number of hydrogen-bond donors (Lipinski definition) is 1. The Bertz CT molecular complexity index is 524. The number of sulfone groups is 1. The van der Waals surface area contributed by atoms with E-state index in [0.29, 0.717) is 0 Å². The molecule has 1 aromatic rings. The highest BCUT2D eigenvalue weighted by atomic mass is 32.2. The van der Waals surface area contributed by atoms with Gasteiger partial charge in [-0.1, -0.05) is 26.8 Å². The van der Waals surface area contributed by atoms with Crippen LogP contribution in [0, 0.1) is 19.3 Å². The molecule has 0 aromatic heterocycles. The molecule has 0 heterocycles. The van der Waals surface area contributed by atoms with Crippen molar-refractivity contribution in [1.82, 2.24) is 0 Å². The predicted octanol–water partition coefficient (Wildman–Crippen LogP) is 2.48. The van der Waals surface area contributed by atoms with Crippen LogP contribution in [0.5, 0.6) is 0 Å². The zero-order chi connectivity index (χ0) is 14.1. The van der Waals surface area contributed by atoms with Crippen LogP contribution in [0.2, 0.25) is 0 Å². The maximum absolute atomic E-state index is 12.2. The minimum Gasteiger partial charge on any atom is -0.392 e. The Kier molecular flexibility index (Phi) is 4.23. The summed E-state index contributed by atoms with van der Waals surface area (Å²) in [6.45, 7) is 9.30. The lowest BCUT2D eigenvalue weighted by Crippen LogP contribution is -2.33. The van der Waals surface area contributed by atoms with E-state index in [1.54, 1.807) is 18.2 Å². The van der Waals surface area contributed by atoms with Gasteiger partial charge >= 0.3 is 0 Å². The normalized spacial score (nSPS) is 14.6. The second-order valence-electron chi connectivity index (χ2n) is 5.91. The van der Waals surface area contributed by atoms with Gasteiger partial charge in [-0.3, -0.25) is 0 Å². The first-order valence-electron chi connectivity index (χ1n) is 6.02. The average molecular weight is 270 g/mol. The van der Waals surface area contributed by atoms with E-state index in [1.165, 1.54) is 0 Å². The van der Waals surface area contributed by atoms with Gasteiger partial charge in [-0.25, -0.2) is 8.42 Å². The van der Waals surface area contributed by atoms with Gasteiger partial charge in [-0.05, 0) is 42.5 Å². The largest absolute Gasteiger partial charge is 0.392 e. The van der Waals surface area contributed by atoms with Crippen molar-refractivity contribution in [2.75, 3.05) is 5.75 Å². The highest BCUT2D eigenvalue weighted by Gasteiger charge is 2.28. The third-order valence-corrected chi connectivity index (χ3v) is 4.94. The second kappa shape index (κ2) is 5.02. The van der Waals surface area contributed by atoms with Crippen molar-refractivity contribution >= 4 is 9.84 Å². The summed E-state index contributed by atoms with van der Waals surface area (Å²) in [5, 5.41) is 9.93. The quantitative estimate of drug-likeness (QED) is 0.918. The molecule has 0 aliphatic heterocycles. The summed E-state index contributed by atoms with van der Waals surface area (Å²) in [5.41, 5.74) is 1.57. The molecule has 0 fully saturated rings. The van der Waals surface area contributed by atoms with Crippen LogP contribution in [0.1, 0.15) is 31.9 Å². The predicted molar refractivity (Wildman–Crippen MR) is 73.4 cm³/mol.